The van der Waals surface area contributed by atoms with Crippen LogP contribution in [-0.2, 0) is 21.2 Å². The molecule has 1 atom stereocenters. The SMILES string of the molecule is C=CC(NCc1ccc(S(C)(=O)=O)cc1)C(=O)O. The van der Waals surface area contributed by atoms with Gasteiger partial charge in [0.15, 0.2) is 9.84 Å². The third-order valence-corrected chi connectivity index (χ3v) is 3.51. The highest BCUT2D eigenvalue weighted by atomic mass is 32.2. The molecular weight excluding hydrogens is 254 g/mol. The van der Waals surface area contributed by atoms with E-state index in [1.807, 2.05) is 0 Å². The Morgan fingerprint density at radius 3 is 2.39 bits per heavy atom. The predicted molar refractivity (Wildman–Crippen MR) is 68.0 cm³/mol. The van der Waals surface area contributed by atoms with Crippen molar-refractivity contribution in [2.45, 2.75) is 17.5 Å². The maximum Gasteiger partial charge on any atom is 0.324 e. The lowest BCUT2D eigenvalue weighted by Crippen LogP contribution is -2.34. The van der Waals surface area contributed by atoms with Crippen molar-refractivity contribution in [2.24, 2.45) is 0 Å². The molecule has 1 unspecified atom stereocenters. The molecule has 0 aliphatic rings. The average Bonchev–Trinajstić information content (AvgIpc) is 2.29. The van der Waals surface area contributed by atoms with Gasteiger partial charge in [-0.05, 0) is 17.7 Å². The van der Waals surface area contributed by atoms with Crippen molar-refractivity contribution >= 4 is 15.8 Å². The first-order valence-corrected chi connectivity index (χ1v) is 7.11. The molecule has 0 aromatic heterocycles. The number of carboxylic acid groups (broad SMARTS) is 1. The van der Waals surface area contributed by atoms with Gasteiger partial charge >= 0.3 is 5.97 Å². The van der Waals surface area contributed by atoms with Crippen LogP contribution in [0.15, 0.2) is 41.8 Å². The van der Waals surface area contributed by atoms with E-state index in [2.05, 4.69) is 11.9 Å². The zero-order valence-corrected chi connectivity index (χ0v) is 10.8. The number of hydrogen-bond donors (Lipinski definition) is 2. The van der Waals surface area contributed by atoms with Gasteiger partial charge in [0.1, 0.15) is 6.04 Å². The normalized spacial score (nSPS) is 12.9. The summed E-state index contributed by atoms with van der Waals surface area (Å²) in [7, 11) is -3.20. The summed E-state index contributed by atoms with van der Waals surface area (Å²) >= 11 is 0. The Kier molecular flexibility index (Phi) is 4.63. The van der Waals surface area contributed by atoms with E-state index in [-0.39, 0.29) is 4.90 Å². The van der Waals surface area contributed by atoms with E-state index in [0.717, 1.165) is 11.8 Å². The van der Waals surface area contributed by atoms with Crippen LogP contribution >= 0.6 is 0 Å². The van der Waals surface area contributed by atoms with Crippen LogP contribution in [0.3, 0.4) is 0 Å². The molecule has 0 bridgehead atoms. The first-order chi connectivity index (χ1) is 8.34. The van der Waals surface area contributed by atoms with Crippen molar-refractivity contribution in [1.29, 1.82) is 0 Å². The van der Waals surface area contributed by atoms with Crippen LogP contribution in [0.25, 0.3) is 0 Å². The van der Waals surface area contributed by atoms with E-state index in [1.54, 1.807) is 12.1 Å². The van der Waals surface area contributed by atoms with Gasteiger partial charge in [-0.25, -0.2) is 8.42 Å². The van der Waals surface area contributed by atoms with Crippen LogP contribution < -0.4 is 5.32 Å². The van der Waals surface area contributed by atoms with Gasteiger partial charge in [0.05, 0.1) is 4.90 Å². The third-order valence-electron chi connectivity index (χ3n) is 2.38. The molecule has 5 nitrogen and oxygen atoms in total. The van der Waals surface area contributed by atoms with Crippen molar-refractivity contribution in [3.63, 3.8) is 0 Å². The van der Waals surface area contributed by atoms with Crippen LogP contribution in [-0.4, -0.2) is 31.8 Å². The summed E-state index contributed by atoms with van der Waals surface area (Å²) in [5.74, 6) is -1.00. The molecule has 0 spiro atoms. The summed E-state index contributed by atoms with van der Waals surface area (Å²) in [5, 5.41) is 11.6. The Morgan fingerprint density at radius 2 is 2.00 bits per heavy atom. The van der Waals surface area contributed by atoms with E-state index in [1.165, 1.54) is 18.2 Å². The Labute approximate surface area is 106 Å². The van der Waals surface area contributed by atoms with Gasteiger partial charge in [-0.1, -0.05) is 18.2 Å². The smallest absolute Gasteiger partial charge is 0.324 e. The molecule has 0 saturated carbocycles. The second kappa shape index (κ2) is 5.79. The molecule has 0 radical (unpaired) electrons. The maximum atomic E-state index is 11.2. The molecule has 1 rings (SSSR count). The fraction of sp³-hybridized carbons (Fsp3) is 0.250. The van der Waals surface area contributed by atoms with Crippen LogP contribution in [0.5, 0.6) is 0 Å². The van der Waals surface area contributed by atoms with Gasteiger partial charge in [-0.2, -0.15) is 0 Å². The van der Waals surface area contributed by atoms with Gasteiger partial charge in [0.2, 0.25) is 0 Å². The number of aliphatic carboxylic acids is 1. The van der Waals surface area contributed by atoms with Crippen molar-refractivity contribution in [3.8, 4) is 0 Å². The summed E-state index contributed by atoms with van der Waals surface area (Å²) in [5.41, 5.74) is 0.801. The zero-order valence-electron chi connectivity index (χ0n) is 9.96. The molecule has 1 aromatic carbocycles. The third kappa shape index (κ3) is 3.97. The molecule has 0 saturated heterocycles. The molecular formula is C12H15NO4S. The summed E-state index contributed by atoms with van der Waals surface area (Å²) in [4.78, 5) is 11.0. The largest absolute Gasteiger partial charge is 0.480 e. The molecule has 2 N–H and O–H groups in total. The number of benzene rings is 1. The van der Waals surface area contributed by atoms with Crippen molar-refractivity contribution in [2.75, 3.05) is 6.26 Å². The number of rotatable bonds is 6. The van der Waals surface area contributed by atoms with Gasteiger partial charge in [0.25, 0.3) is 0 Å². The molecule has 0 aliphatic carbocycles. The highest BCUT2D eigenvalue weighted by Crippen LogP contribution is 2.10. The van der Waals surface area contributed by atoms with Crippen molar-refractivity contribution < 1.29 is 18.3 Å². The van der Waals surface area contributed by atoms with Gasteiger partial charge < -0.3 is 5.11 Å². The van der Waals surface area contributed by atoms with Gasteiger partial charge in [-0.15, -0.1) is 6.58 Å². The zero-order chi connectivity index (χ0) is 13.8. The van der Waals surface area contributed by atoms with E-state index >= 15 is 0 Å². The van der Waals surface area contributed by atoms with E-state index < -0.39 is 21.8 Å². The molecule has 98 valence electrons. The molecule has 0 aliphatic heterocycles. The Morgan fingerprint density at radius 1 is 1.44 bits per heavy atom. The summed E-state index contributed by atoms with van der Waals surface area (Å²) < 4.78 is 22.5. The molecule has 0 fully saturated rings. The summed E-state index contributed by atoms with van der Waals surface area (Å²) in [6.45, 7) is 3.74. The number of carboxylic acids is 1. The second-order valence-corrected chi connectivity index (χ2v) is 5.86. The van der Waals surface area contributed by atoms with Crippen LogP contribution in [0, 0.1) is 0 Å². The molecule has 0 amide bonds. The number of nitrogens with one attached hydrogen (secondary N) is 1. The summed E-state index contributed by atoms with van der Waals surface area (Å²) in [6.07, 6.45) is 2.44. The topological polar surface area (TPSA) is 83.5 Å². The lowest BCUT2D eigenvalue weighted by Gasteiger charge is -2.10. The highest BCUT2D eigenvalue weighted by Gasteiger charge is 2.12. The fourth-order valence-electron chi connectivity index (χ4n) is 1.35. The number of carbonyl (C=O) groups is 1. The lowest BCUT2D eigenvalue weighted by molar-refractivity contribution is -0.138. The highest BCUT2D eigenvalue weighted by molar-refractivity contribution is 7.90. The monoisotopic (exact) mass is 269 g/mol. The van der Waals surface area contributed by atoms with Crippen molar-refractivity contribution in [1.82, 2.24) is 5.32 Å². The van der Waals surface area contributed by atoms with Gasteiger partial charge in [-0.3, -0.25) is 10.1 Å². The Bertz CT molecular complexity index is 534. The predicted octanol–water partition coefficient (Wildman–Crippen LogP) is 0.819. The first-order valence-electron chi connectivity index (χ1n) is 5.22. The quantitative estimate of drug-likeness (QED) is 0.747. The number of sulfone groups is 1. The minimum atomic E-state index is -3.20. The second-order valence-electron chi connectivity index (χ2n) is 3.85. The molecule has 18 heavy (non-hydrogen) atoms. The van der Waals surface area contributed by atoms with E-state index in [0.29, 0.717) is 6.54 Å². The summed E-state index contributed by atoms with van der Waals surface area (Å²) in [6, 6.07) is 5.46. The van der Waals surface area contributed by atoms with Crippen molar-refractivity contribution in [3.05, 3.63) is 42.5 Å². The molecule has 1 aromatic rings. The molecule has 6 heteroatoms. The Hall–Kier alpha value is -1.66. The van der Waals surface area contributed by atoms with Crippen LogP contribution in [0.4, 0.5) is 0 Å². The lowest BCUT2D eigenvalue weighted by atomic mass is 10.2. The van der Waals surface area contributed by atoms with Gasteiger partial charge in [0, 0.05) is 12.8 Å². The van der Waals surface area contributed by atoms with E-state index in [9.17, 15) is 13.2 Å². The minimum Gasteiger partial charge on any atom is -0.480 e. The minimum absolute atomic E-state index is 0.241. The first kappa shape index (κ1) is 14.4. The maximum absolute atomic E-state index is 11.2. The Balaban J connectivity index is 2.70. The standard InChI is InChI=1S/C12H15NO4S/c1-3-11(12(14)15)13-8-9-4-6-10(7-5-9)18(2,16)17/h3-7,11,13H,1,8H2,2H3,(H,14,15). The molecule has 0 heterocycles. The average molecular weight is 269 g/mol. The van der Waals surface area contributed by atoms with Crippen LogP contribution in [0.1, 0.15) is 5.56 Å². The fourth-order valence-corrected chi connectivity index (χ4v) is 1.98. The number of hydrogen-bond acceptors (Lipinski definition) is 4. The van der Waals surface area contributed by atoms with Crippen LogP contribution in [0.2, 0.25) is 0 Å². The van der Waals surface area contributed by atoms with E-state index in [4.69, 9.17) is 5.11 Å².